The van der Waals surface area contributed by atoms with Crippen LogP contribution in [0.5, 0.6) is 0 Å². The Kier molecular flexibility index (Phi) is 30.2. The second kappa shape index (κ2) is 32.1. The average Bonchev–Trinajstić information content (AvgIpc) is 3.89. The van der Waals surface area contributed by atoms with Crippen LogP contribution in [0, 0.1) is 16.7 Å². The molecule has 0 radical (unpaired) electrons. The maximum absolute atomic E-state index is 12.7. The average molecular weight is 736 g/mol. The SMILES string of the molecule is CCCCCCCCCC(=O)OCC(C)(C)CCCCCN(CCCO)CCCCCC1(CC(=O)OCCCC(CCCCC)CCCCC)CC1. The molecule has 6 heteroatoms. The van der Waals surface area contributed by atoms with Crippen molar-refractivity contribution >= 4 is 11.9 Å². The van der Waals surface area contributed by atoms with E-state index in [2.05, 4.69) is 39.5 Å². The van der Waals surface area contributed by atoms with Crippen LogP contribution >= 0.6 is 0 Å². The Balaban J connectivity index is 2.19. The number of hydrogen-bond donors (Lipinski definition) is 1. The zero-order chi connectivity index (χ0) is 38.2. The molecule has 0 amide bonds. The highest BCUT2D eigenvalue weighted by Crippen LogP contribution is 2.53. The minimum Gasteiger partial charge on any atom is -0.466 e. The summed E-state index contributed by atoms with van der Waals surface area (Å²) < 4.78 is 11.4. The van der Waals surface area contributed by atoms with E-state index >= 15 is 0 Å². The van der Waals surface area contributed by atoms with Crippen molar-refractivity contribution in [2.45, 2.75) is 227 Å². The Labute approximate surface area is 323 Å². The summed E-state index contributed by atoms with van der Waals surface area (Å²) in [6.45, 7) is 15.7. The van der Waals surface area contributed by atoms with Gasteiger partial charge in [-0.2, -0.15) is 0 Å². The summed E-state index contributed by atoms with van der Waals surface area (Å²) in [5, 5.41) is 9.45. The van der Waals surface area contributed by atoms with E-state index in [1.54, 1.807) is 0 Å². The molecule has 0 aromatic heterocycles. The van der Waals surface area contributed by atoms with Crippen molar-refractivity contribution in [1.82, 2.24) is 4.90 Å². The number of carbonyl (C=O) groups is 2. The first-order valence-electron chi connectivity index (χ1n) is 22.8. The lowest BCUT2D eigenvalue weighted by Gasteiger charge is -2.25. The highest BCUT2D eigenvalue weighted by Gasteiger charge is 2.43. The first kappa shape index (κ1) is 48.9. The third-order valence-corrected chi connectivity index (χ3v) is 11.7. The van der Waals surface area contributed by atoms with Crippen molar-refractivity contribution in [1.29, 1.82) is 0 Å². The molecule has 1 saturated carbocycles. The fraction of sp³-hybridized carbons (Fsp3) is 0.957. The number of aliphatic hydroxyl groups excluding tert-OH is 1. The van der Waals surface area contributed by atoms with E-state index in [1.165, 1.54) is 135 Å². The number of unbranched alkanes of at least 4 members (excludes halogenated alkanes) is 14. The van der Waals surface area contributed by atoms with Crippen LogP contribution in [-0.2, 0) is 19.1 Å². The fourth-order valence-corrected chi connectivity index (χ4v) is 7.81. The lowest BCUT2D eigenvalue weighted by molar-refractivity contribution is -0.147. The molecule has 0 unspecified atom stereocenters. The molecule has 1 N–H and O–H groups in total. The molecular formula is C46H89NO5. The standard InChI is InChI=1S/C46H89NO5/c1-6-9-12-13-14-15-20-30-43(49)52-41-45(4,5)31-21-16-23-35-47(37-26-38-48)36-24-17-22-32-46(33-34-46)40-44(50)51-39-25-29-42(27-18-10-7-2)28-19-11-8-3/h42,48H,6-41H2,1-5H3. The van der Waals surface area contributed by atoms with E-state index in [0.29, 0.717) is 26.1 Å². The van der Waals surface area contributed by atoms with E-state index < -0.39 is 0 Å². The largest absolute Gasteiger partial charge is 0.466 e. The number of nitrogens with zero attached hydrogens (tertiary/aromatic N) is 1. The highest BCUT2D eigenvalue weighted by atomic mass is 16.5. The Bertz CT molecular complexity index is 831. The molecule has 0 aromatic carbocycles. The zero-order valence-corrected chi connectivity index (χ0v) is 35.6. The van der Waals surface area contributed by atoms with Gasteiger partial charge in [-0.3, -0.25) is 9.59 Å². The first-order valence-corrected chi connectivity index (χ1v) is 22.8. The molecule has 0 heterocycles. The van der Waals surface area contributed by atoms with E-state index in [9.17, 15) is 14.7 Å². The van der Waals surface area contributed by atoms with Gasteiger partial charge in [-0.05, 0) is 94.0 Å². The topological polar surface area (TPSA) is 76.1 Å². The number of aliphatic hydroxyl groups is 1. The van der Waals surface area contributed by atoms with Crippen molar-refractivity contribution in [3.8, 4) is 0 Å². The lowest BCUT2D eigenvalue weighted by atomic mass is 9.88. The van der Waals surface area contributed by atoms with Crippen LogP contribution in [0.4, 0.5) is 0 Å². The van der Waals surface area contributed by atoms with Crippen LogP contribution < -0.4 is 0 Å². The molecule has 0 spiro atoms. The zero-order valence-electron chi connectivity index (χ0n) is 35.6. The van der Waals surface area contributed by atoms with Gasteiger partial charge in [0, 0.05) is 19.6 Å². The number of rotatable bonds is 39. The Hall–Kier alpha value is -1.14. The maximum atomic E-state index is 12.7. The number of carbonyl (C=O) groups excluding carboxylic acids is 2. The molecule has 1 aliphatic rings. The molecule has 0 aromatic rings. The summed E-state index contributed by atoms with van der Waals surface area (Å²) in [6.07, 6.45) is 35.0. The molecule has 0 atom stereocenters. The van der Waals surface area contributed by atoms with Gasteiger partial charge in [0.1, 0.15) is 0 Å². The van der Waals surface area contributed by atoms with Gasteiger partial charge in [0.15, 0.2) is 0 Å². The monoisotopic (exact) mass is 736 g/mol. The van der Waals surface area contributed by atoms with E-state index in [1.807, 2.05) is 0 Å². The molecule has 6 nitrogen and oxygen atoms in total. The predicted octanol–water partition coefficient (Wildman–Crippen LogP) is 12.8. The second-order valence-corrected chi connectivity index (χ2v) is 17.6. The van der Waals surface area contributed by atoms with Gasteiger partial charge in [0.2, 0.25) is 0 Å². The van der Waals surface area contributed by atoms with Crippen LogP contribution in [0.25, 0.3) is 0 Å². The molecule has 1 aliphatic carbocycles. The van der Waals surface area contributed by atoms with E-state index in [4.69, 9.17) is 9.47 Å². The molecule has 1 fully saturated rings. The second-order valence-electron chi connectivity index (χ2n) is 17.6. The molecule has 308 valence electrons. The minimum absolute atomic E-state index is 0.0206. The molecule has 52 heavy (non-hydrogen) atoms. The van der Waals surface area contributed by atoms with Crippen LogP contribution in [0.15, 0.2) is 0 Å². The third kappa shape index (κ3) is 28.3. The molecule has 0 bridgehead atoms. The summed E-state index contributed by atoms with van der Waals surface area (Å²) in [5.41, 5.74) is 0.239. The summed E-state index contributed by atoms with van der Waals surface area (Å²) in [5.74, 6) is 0.803. The minimum atomic E-state index is -0.0314. The number of hydrogen-bond acceptors (Lipinski definition) is 6. The van der Waals surface area contributed by atoms with Crippen molar-refractivity contribution in [2.24, 2.45) is 16.7 Å². The summed E-state index contributed by atoms with van der Waals surface area (Å²) in [6, 6.07) is 0. The van der Waals surface area contributed by atoms with E-state index in [-0.39, 0.29) is 29.4 Å². The molecular weight excluding hydrogens is 647 g/mol. The van der Waals surface area contributed by atoms with Gasteiger partial charge in [-0.15, -0.1) is 0 Å². The Morgan fingerprint density at radius 2 is 1.17 bits per heavy atom. The third-order valence-electron chi connectivity index (χ3n) is 11.7. The summed E-state index contributed by atoms with van der Waals surface area (Å²) >= 11 is 0. The van der Waals surface area contributed by atoms with Crippen molar-refractivity contribution in [3.63, 3.8) is 0 Å². The van der Waals surface area contributed by atoms with Crippen molar-refractivity contribution in [2.75, 3.05) is 39.5 Å². The molecule has 0 saturated heterocycles. The molecule has 0 aliphatic heterocycles. The summed E-state index contributed by atoms with van der Waals surface area (Å²) in [7, 11) is 0. The lowest BCUT2D eigenvalue weighted by Crippen LogP contribution is -2.28. The normalized spacial score (nSPS) is 14.0. The van der Waals surface area contributed by atoms with Gasteiger partial charge in [0.05, 0.1) is 19.6 Å². The van der Waals surface area contributed by atoms with Crippen LogP contribution in [0.3, 0.4) is 0 Å². The van der Waals surface area contributed by atoms with Gasteiger partial charge in [-0.25, -0.2) is 0 Å². The van der Waals surface area contributed by atoms with Crippen LogP contribution in [-0.4, -0.2) is 61.4 Å². The Morgan fingerprint density at radius 1 is 0.635 bits per heavy atom. The highest BCUT2D eigenvalue weighted by molar-refractivity contribution is 5.70. The van der Waals surface area contributed by atoms with Gasteiger partial charge < -0.3 is 19.5 Å². The Morgan fingerprint density at radius 3 is 1.79 bits per heavy atom. The van der Waals surface area contributed by atoms with Gasteiger partial charge in [0.25, 0.3) is 0 Å². The smallest absolute Gasteiger partial charge is 0.306 e. The first-order chi connectivity index (χ1) is 25.2. The maximum Gasteiger partial charge on any atom is 0.306 e. The quantitative estimate of drug-likeness (QED) is 0.0500. The van der Waals surface area contributed by atoms with Crippen molar-refractivity contribution < 1.29 is 24.2 Å². The van der Waals surface area contributed by atoms with Gasteiger partial charge >= 0.3 is 11.9 Å². The van der Waals surface area contributed by atoms with Crippen molar-refractivity contribution in [3.05, 3.63) is 0 Å². The summed E-state index contributed by atoms with van der Waals surface area (Å²) in [4.78, 5) is 27.5. The number of esters is 2. The molecule has 1 rings (SSSR count). The van der Waals surface area contributed by atoms with Crippen LogP contribution in [0.1, 0.15) is 227 Å². The van der Waals surface area contributed by atoms with E-state index in [0.717, 1.165) is 70.5 Å². The number of ether oxygens (including phenoxy) is 2. The van der Waals surface area contributed by atoms with Gasteiger partial charge in [-0.1, -0.05) is 150 Å². The predicted molar refractivity (Wildman–Crippen MR) is 221 cm³/mol. The van der Waals surface area contributed by atoms with Crippen LogP contribution in [0.2, 0.25) is 0 Å². The fourth-order valence-electron chi connectivity index (χ4n) is 7.81.